The van der Waals surface area contributed by atoms with Crippen LogP contribution in [-0.4, -0.2) is 12.4 Å². The Balaban J connectivity index is 1.89. The first kappa shape index (κ1) is 16.4. The van der Waals surface area contributed by atoms with E-state index in [1.54, 1.807) is 0 Å². The molecule has 0 aliphatic heterocycles. The van der Waals surface area contributed by atoms with Crippen molar-refractivity contribution < 1.29 is 9.53 Å². The Kier molecular flexibility index (Phi) is 5.51. The highest BCUT2D eigenvalue weighted by Gasteiger charge is 2.08. The number of carbonyl (C=O) groups excluding carboxylic acids is 1. The largest absolute Gasteiger partial charge is 0.369 e. The van der Waals surface area contributed by atoms with Crippen molar-refractivity contribution in [1.29, 1.82) is 0 Å². The molecule has 2 rings (SSSR count). The van der Waals surface area contributed by atoms with Gasteiger partial charge in [0.1, 0.15) is 6.61 Å². The van der Waals surface area contributed by atoms with E-state index in [-0.39, 0.29) is 12.4 Å². The minimum atomic E-state index is 0.0278. The zero-order chi connectivity index (χ0) is 16.1. The fourth-order valence-electron chi connectivity index (χ4n) is 2.40. The number of rotatable bonds is 6. The quantitative estimate of drug-likeness (QED) is 0.714. The molecule has 0 amide bonds. The molecule has 0 radical (unpaired) electrons. The molecule has 2 aromatic rings. The monoisotopic (exact) mass is 296 g/mol. The van der Waals surface area contributed by atoms with Crippen LogP contribution in [-0.2, 0) is 11.3 Å². The molecule has 22 heavy (non-hydrogen) atoms. The van der Waals surface area contributed by atoms with E-state index in [1.807, 2.05) is 24.3 Å². The number of carbonyl (C=O) groups is 1. The first-order valence-electron chi connectivity index (χ1n) is 7.74. The molecule has 0 aliphatic rings. The van der Waals surface area contributed by atoms with Gasteiger partial charge in [-0.1, -0.05) is 61.9 Å². The van der Waals surface area contributed by atoms with Gasteiger partial charge in [0.2, 0.25) is 0 Å². The van der Waals surface area contributed by atoms with Gasteiger partial charge in [-0.05, 0) is 36.5 Å². The van der Waals surface area contributed by atoms with E-state index in [0.29, 0.717) is 18.1 Å². The summed E-state index contributed by atoms with van der Waals surface area (Å²) in [5.74, 6) is 0.505. The van der Waals surface area contributed by atoms with E-state index in [9.17, 15) is 4.79 Å². The molecule has 0 saturated carbocycles. The molecule has 0 heterocycles. The summed E-state index contributed by atoms with van der Waals surface area (Å²) in [6.45, 7) is 9.02. The Labute approximate surface area is 133 Å². The first-order chi connectivity index (χ1) is 10.5. The van der Waals surface area contributed by atoms with Gasteiger partial charge in [0.05, 0.1) is 6.61 Å². The Morgan fingerprint density at radius 3 is 2.32 bits per heavy atom. The maximum atomic E-state index is 12.1. The smallest absolute Gasteiger partial charge is 0.188 e. The molecule has 0 aromatic heterocycles. The standard InChI is InChI=1S/C20H24O2/c1-14(2)17-7-9-18(10-8-17)20(21)13-22-12-19-6-5-15(3)11-16(19)4/h5-11,14H,12-13H2,1-4H3. The summed E-state index contributed by atoms with van der Waals surface area (Å²) < 4.78 is 5.58. The topological polar surface area (TPSA) is 26.3 Å². The highest BCUT2D eigenvalue weighted by atomic mass is 16.5. The Hall–Kier alpha value is -1.93. The third kappa shape index (κ3) is 4.28. The van der Waals surface area contributed by atoms with Gasteiger partial charge in [-0.3, -0.25) is 4.79 Å². The molecule has 0 saturated heterocycles. The lowest BCUT2D eigenvalue weighted by Gasteiger charge is -2.09. The minimum Gasteiger partial charge on any atom is -0.369 e. The van der Waals surface area contributed by atoms with Crippen LogP contribution in [0.2, 0.25) is 0 Å². The average molecular weight is 296 g/mol. The summed E-state index contributed by atoms with van der Waals surface area (Å²) in [6, 6.07) is 14.1. The number of benzene rings is 2. The van der Waals surface area contributed by atoms with Crippen LogP contribution in [0, 0.1) is 13.8 Å². The minimum absolute atomic E-state index is 0.0278. The van der Waals surface area contributed by atoms with Gasteiger partial charge in [0.15, 0.2) is 5.78 Å². The van der Waals surface area contributed by atoms with Crippen LogP contribution < -0.4 is 0 Å². The van der Waals surface area contributed by atoms with Gasteiger partial charge in [0, 0.05) is 5.56 Å². The van der Waals surface area contributed by atoms with Crippen LogP contribution in [0.1, 0.15) is 52.4 Å². The molecule has 0 N–H and O–H groups in total. The molecule has 116 valence electrons. The number of ketones is 1. The van der Waals surface area contributed by atoms with E-state index in [1.165, 1.54) is 16.7 Å². The normalized spacial score (nSPS) is 11.0. The number of hydrogen-bond donors (Lipinski definition) is 0. The van der Waals surface area contributed by atoms with Crippen LogP contribution in [0.25, 0.3) is 0 Å². The molecular formula is C20H24O2. The molecule has 0 spiro atoms. The summed E-state index contributed by atoms with van der Waals surface area (Å²) >= 11 is 0. The van der Waals surface area contributed by atoms with Gasteiger partial charge in [-0.25, -0.2) is 0 Å². The van der Waals surface area contributed by atoms with Gasteiger partial charge >= 0.3 is 0 Å². The van der Waals surface area contributed by atoms with Crippen molar-refractivity contribution >= 4 is 5.78 Å². The molecule has 2 nitrogen and oxygen atoms in total. The van der Waals surface area contributed by atoms with Crippen molar-refractivity contribution in [1.82, 2.24) is 0 Å². The SMILES string of the molecule is Cc1ccc(COCC(=O)c2ccc(C(C)C)cc2)c(C)c1. The lowest BCUT2D eigenvalue weighted by Crippen LogP contribution is -2.09. The number of Topliss-reactive ketones (excluding diaryl/α,β-unsaturated/α-hetero) is 1. The number of hydrogen-bond acceptors (Lipinski definition) is 2. The summed E-state index contributed by atoms with van der Waals surface area (Å²) in [5, 5.41) is 0. The van der Waals surface area contributed by atoms with Crippen molar-refractivity contribution in [3.8, 4) is 0 Å². The summed E-state index contributed by atoms with van der Waals surface area (Å²) in [6.07, 6.45) is 0. The fraction of sp³-hybridized carbons (Fsp3) is 0.350. The summed E-state index contributed by atoms with van der Waals surface area (Å²) in [4.78, 5) is 12.1. The van der Waals surface area contributed by atoms with E-state index < -0.39 is 0 Å². The first-order valence-corrected chi connectivity index (χ1v) is 7.74. The number of ether oxygens (including phenoxy) is 1. The van der Waals surface area contributed by atoms with Crippen molar-refractivity contribution in [3.05, 3.63) is 70.3 Å². The highest BCUT2D eigenvalue weighted by molar-refractivity contribution is 5.97. The second-order valence-electron chi connectivity index (χ2n) is 6.12. The van der Waals surface area contributed by atoms with Crippen LogP contribution in [0.5, 0.6) is 0 Å². The lowest BCUT2D eigenvalue weighted by atomic mass is 10.0. The predicted molar refractivity (Wildman–Crippen MR) is 90.4 cm³/mol. The predicted octanol–water partition coefficient (Wildman–Crippen LogP) is 4.83. The van der Waals surface area contributed by atoms with Crippen molar-refractivity contribution in [2.75, 3.05) is 6.61 Å². The van der Waals surface area contributed by atoms with E-state index >= 15 is 0 Å². The summed E-state index contributed by atoms with van der Waals surface area (Å²) in [5.41, 5.74) is 5.53. The van der Waals surface area contributed by atoms with Gasteiger partial charge in [-0.2, -0.15) is 0 Å². The molecule has 2 heteroatoms. The zero-order valence-electron chi connectivity index (χ0n) is 13.8. The molecule has 0 fully saturated rings. The van der Waals surface area contributed by atoms with Crippen LogP contribution in [0.3, 0.4) is 0 Å². The maximum Gasteiger partial charge on any atom is 0.188 e. The Morgan fingerprint density at radius 1 is 1.05 bits per heavy atom. The average Bonchev–Trinajstić information content (AvgIpc) is 2.49. The second-order valence-corrected chi connectivity index (χ2v) is 6.12. The third-order valence-corrected chi connectivity index (χ3v) is 3.89. The van der Waals surface area contributed by atoms with Gasteiger partial charge in [-0.15, -0.1) is 0 Å². The van der Waals surface area contributed by atoms with E-state index in [4.69, 9.17) is 4.74 Å². The van der Waals surface area contributed by atoms with Gasteiger partial charge in [0.25, 0.3) is 0 Å². The molecule has 0 bridgehead atoms. The molecule has 0 aliphatic carbocycles. The third-order valence-electron chi connectivity index (χ3n) is 3.89. The fourth-order valence-corrected chi connectivity index (χ4v) is 2.40. The molecular weight excluding hydrogens is 272 g/mol. The van der Waals surface area contributed by atoms with E-state index in [0.717, 1.165) is 5.56 Å². The van der Waals surface area contributed by atoms with Gasteiger partial charge < -0.3 is 4.74 Å². The lowest BCUT2D eigenvalue weighted by molar-refractivity contribution is 0.0725. The molecule has 2 aromatic carbocycles. The van der Waals surface area contributed by atoms with Crippen LogP contribution in [0.4, 0.5) is 0 Å². The van der Waals surface area contributed by atoms with Crippen molar-refractivity contribution in [2.24, 2.45) is 0 Å². The maximum absolute atomic E-state index is 12.1. The van der Waals surface area contributed by atoms with E-state index in [2.05, 4.69) is 45.9 Å². The number of aryl methyl sites for hydroxylation is 2. The van der Waals surface area contributed by atoms with Crippen molar-refractivity contribution in [3.63, 3.8) is 0 Å². The second kappa shape index (κ2) is 7.37. The van der Waals surface area contributed by atoms with Crippen LogP contribution >= 0.6 is 0 Å². The molecule has 0 unspecified atom stereocenters. The van der Waals surface area contributed by atoms with Crippen LogP contribution in [0.15, 0.2) is 42.5 Å². The molecule has 0 atom stereocenters. The highest BCUT2D eigenvalue weighted by Crippen LogP contribution is 2.15. The van der Waals surface area contributed by atoms with Crippen molar-refractivity contribution in [2.45, 2.75) is 40.2 Å². The Bertz CT molecular complexity index is 639. The Morgan fingerprint density at radius 2 is 1.73 bits per heavy atom. The summed E-state index contributed by atoms with van der Waals surface area (Å²) in [7, 11) is 0. The zero-order valence-corrected chi connectivity index (χ0v) is 13.8.